The van der Waals surface area contributed by atoms with E-state index in [2.05, 4.69) is 15.9 Å². The van der Waals surface area contributed by atoms with Gasteiger partial charge in [-0.15, -0.1) is 0 Å². The number of carbonyl (C=O) groups excluding carboxylic acids is 1. The molecule has 0 amide bonds. The Morgan fingerprint density at radius 3 is 2.76 bits per heavy atom. The lowest BCUT2D eigenvalue weighted by Gasteiger charge is -2.26. The zero-order valence-electron chi connectivity index (χ0n) is 18.7. The minimum atomic E-state index is -4.25. The van der Waals surface area contributed by atoms with Crippen molar-refractivity contribution in [2.24, 2.45) is 0 Å². The number of benzene rings is 2. The monoisotopic (exact) mass is 539 g/mol. The first kappa shape index (κ1) is 24.6. The zero-order valence-corrected chi connectivity index (χ0v) is 20.2. The molecule has 0 saturated carbocycles. The highest BCUT2D eigenvalue weighted by Gasteiger charge is 2.45. The summed E-state index contributed by atoms with van der Waals surface area (Å²) in [4.78, 5) is 13.4. The standard InChI is InChI=1S/C25H25BrF3NO4/c1-2-32-23(31)11-16-6-3-4-7-21(16)33-14-18-15-34-24-17(10-19(26)12-20(18)24)13-30-9-5-8-22(30)25(27,28)29/h3-4,6-7,10,12,15,22H,2,5,8-9,11,13-14H2,1H3/t22-/m0/s1. The van der Waals surface area contributed by atoms with Crippen LogP contribution in [-0.2, 0) is 29.1 Å². The van der Waals surface area contributed by atoms with Crippen LogP contribution in [0.5, 0.6) is 5.75 Å². The van der Waals surface area contributed by atoms with Gasteiger partial charge in [-0.25, -0.2) is 0 Å². The Kier molecular flexibility index (Phi) is 7.52. The lowest BCUT2D eigenvalue weighted by Crippen LogP contribution is -2.40. The molecule has 2 aromatic carbocycles. The highest BCUT2D eigenvalue weighted by atomic mass is 79.9. The van der Waals surface area contributed by atoms with Crippen LogP contribution in [0.4, 0.5) is 13.2 Å². The number of rotatable bonds is 8. The first-order chi connectivity index (χ1) is 16.3. The van der Waals surface area contributed by atoms with Crippen molar-refractivity contribution in [1.82, 2.24) is 4.90 Å². The Morgan fingerprint density at radius 1 is 1.21 bits per heavy atom. The number of hydrogen-bond acceptors (Lipinski definition) is 5. The van der Waals surface area contributed by atoms with Crippen LogP contribution in [0.15, 0.2) is 51.6 Å². The van der Waals surface area contributed by atoms with Gasteiger partial charge in [-0.2, -0.15) is 13.2 Å². The second kappa shape index (κ2) is 10.4. The van der Waals surface area contributed by atoms with E-state index in [9.17, 15) is 18.0 Å². The van der Waals surface area contributed by atoms with Gasteiger partial charge in [0.1, 0.15) is 24.0 Å². The molecule has 3 aromatic rings. The molecule has 0 spiro atoms. The number of ether oxygens (including phenoxy) is 2. The van der Waals surface area contributed by atoms with E-state index in [1.54, 1.807) is 25.3 Å². The van der Waals surface area contributed by atoms with Crippen molar-refractivity contribution in [3.05, 3.63) is 63.8 Å². The van der Waals surface area contributed by atoms with Gasteiger partial charge in [0.25, 0.3) is 0 Å². The van der Waals surface area contributed by atoms with Gasteiger partial charge in [0, 0.05) is 33.1 Å². The molecule has 0 N–H and O–H groups in total. The summed E-state index contributed by atoms with van der Waals surface area (Å²) in [6.07, 6.45) is -1.95. The highest BCUT2D eigenvalue weighted by Crippen LogP contribution is 2.36. The maximum Gasteiger partial charge on any atom is 0.404 e. The van der Waals surface area contributed by atoms with Gasteiger partial charge < -0.3 is 13.9 Å². The van der Waals surface area contributed by atoms with Crippen molar-refractivity contribution in [1.29, 1.82) is 0 Å². The fraction of sp³-hybridized carbons (Fsp3) is 0.400. The summed E-state index contributed by atoms with van der Waals surface area (Å²) in [6.45, 7) is 2.78. The quantitative estimate of drug-likeness (QED) is 0.310. The molecule has 1 aliphatic rings. The molecule has 5 nitrogen and oxygen atoms in total. The van der Waals surface area contributed by atoms with E-state index >= 15 is 0 Å². The predicted octanol–water partition coefficient (Wildman–Crippen LogP) is 6.41. The van der Waals surface area contributed by atoms with E-state index in [-0.39, 0.29) is 32.0 Å². The summed E-state index contributed by atoms with van der Waals surface area (Å²) in [6, 6.07) is 9.47. The van der Waals surface area contributed by atoms with Crippen LogP contribution < -0.4 is 4.74 Å². The van der Waals surface area contributed by atoms with Crippen LogP contribution in [0.1, 0.15) is 36.5 Å². The molecule has 1 fully saturated rings. The fourth-order valence-electron chi connectivity index (χ4n) is 4.37. The zero-order chi connectivity index (χ0) is 24.3. The molecule has 1 atom stereocenters. The molecule has 1 aromatic heterocycles. The SMILES string of the molecule is CCOC(=O)Cc1ccccc1OCc1coc2c(CN3CCC[C@H]3C(F)(F)F)cc(Br)cc12. The Bertz CT molecular complexity index is 1160. The summed E-state index contributed by atoms with van der Waals surface area (Å²) in [7, 11) is 0. The van der Waals surface area contributed by atoms with Crippen LogP contribution in [0, 0.1) is 0 Å². The Hall–Kier alpha value is -2.52. The average molecular weight is 540 g/mol. The fourth-order valence-corrected chi connectivity index (χ4v) is 4.87. The van der Waals surface area contributed by atoms with Crippen LogP contribution in [0.25, 0.3) is 11.0 Å². The van der Waals surface area contributed by atoms with E-state index in [0.717, 1.165) is 15.4 Å². The predicted molar refractivity (Wildman–Crippen MR) is 125 cm³/mol. The normalized spacial score (nSPS) is 16.8. The Balaban J connectivity index is 1.54. The minimum Gasteiger partial charge on any atom is -0.488 e. The summed E-state index contributed by atoms with van der Waals surface area (Å²) in [5.41, 5.74) is 2.71. The van der Waals surface area contributed by atoms with Gasteiger partial charge >= 0.3 is 12.1 Å². The van der Waals surface area contributed by atoms with Gasteiger partial charge in [0.2, 0.25) is 0 Å². The van der Waals surface area contributed by atoms with Gasteiger partial charge in [0.15, 0.2) is 0 Å². The maximum atomic E-state index is 13.4. The molecule has 0 unspecified atom stereocenters. The third kappa shape index (κ3) is 5.58. The van der Waals surface area contributed by atoms with Crippen molar-refractivity contribution in [2.45, 2.75) is 51.6 Å². The first-order valence-corrected chi connectivity index (χ1v) is 11.9. The summed E-state index contributed by atoms with van der Waals surface area (Å²) >= 11 is 3.48. The number of alkyl halides is 3. The number of furan rings is 1. The average Bonchev–Trinajstić information content (AvgIpc) is 3.40. The molecule has 9 heteroatoms. The lowest BCUT2D eigenvalue weighted by atomic mass is 10.1. The van der Waals surface area contributed by atoms with E-state index < -0.39 is 12.2 Å². The minimum absolute atomic E-state index is 0.0993. The second-order valence-corrected chi connectivity index (χ2v) is 9.17. The van der Waals surface area contributed by atoms with Gasteiger partial charge in [-0.1, -0.05) is 34.1 Å². The van der Waals surface area contributed by atoms with Crippen molar-refractivity contribution in [2.75, 3.05) is 13.2 Å². The van der Waals surface area contributed by atoms with Crippen molar-refractivity contribution in [3.8, 4) is 5.75 Å². The van der Waals surface area contributed by atoms with Crippen molar-refractivity contribution >= 4 is 32.9 Å². The number of esters is 1. The third-order valence-electron chi connectivity index (χ3n) is 5.91. The Morgan fingerprint density at radius 2 is 2.00 bits per heavy atom. The molecule has 0 aliphatic carbocycles. The van der Waals surface area contributed by atoms with E-state index in [1.165, 1.54) is 4.90 Å². The lowest BCUT2D eigenvalue weighted by molar-refractivity contribution is -0.177. The number of nitrogens with zero attached hydrogens (tertiary/aromatic N) is 1. The molecule has 4 rings (SSSR count). The van der Waals surface area contributed by atoms with E-state index in [1.807, 2.05) is 24.3 Å². The molecule has 0 bridgehead atoms. The molecule has 1 aliphatic heterocycles. The van der Waals surface area contributed by atoms with Crippen LogP contribution >= 0.6 is 15.9 Å². The van der Waals surface area contributed by atoms with Gasteiger partial charge in [0.05, 0.1) is 19.3 Å². The number of likely N-dealkylation sites (tertiary alicyclic amines) is 1. The van der Waals surface area contributed by atoms with Crippen LogP contribution in [0.2, 0.25) is 0 Å². The maximum absolute atomic E-state index is 13.4. The number of para-hydroxylation sites is 1. The van der Waals surface area contributed by atoms with Crippen molar-refractivity contribution < 1.29 is 31.9 Å². The molecular formula is C25H25BrF3NO4. The largest absolute Gasteiger partial charge is 0.488 e. The molecular weight excluding hydrogens is 515 g/mol. The van der Waals surface area contributed by atoms with E-state index in [4.69, 9.17) is 13.9 Å². The topological polar surface area (TPSA) is 51.9 Å². The van der Waals surface area contributed by atoms with E-state index in [0.29, 0.717) is 42.0 Å². The first-order valence-electron chi connectivity index (χ1n) is 11.1. The van der Waals surface area contributed by atoms with Crippen molar-refractivity contribution in [3.63, 3.8) is 0 Å². The summed E-state index contributed by atoms with van der Waals surface area (Å²) in [5.74, 6) is 0.227. The number of hydrogen-bond donors (Lipinski definition) is 0. The molecule has 0 radical (unpaired) electrons. The number of halogens is 4. The smallest absolute Gasteiger partial charge is 0.404 e. The Labute approximate surface area is 203 Å². The number of carbonyl (C=O) groups is 1. The highest BCUT2D eigenvalue weighted by molar-refractivity contribution is 9.10. The number of fused-ring (bicyclic) bond motifs is 1. The summed E-state index contributed by atoms with van der Waals surface area (Å²) < 4.78 is 57.8. The molecule has 34 heavy (non-hydrogen) atoms. The van der Waals surface area contributed by atoms with Gasteiger partial charge in [-0.3, -0.25) is 9.69 Å². The molecule has 2 heterocycles. The summed E-state index contributed by atoms with van der Waals surface area (Å²) in [5, 5.41) is 0.773. The second-order valence-electron chi connectivity index (χ2n) is 8.25. The molecule has 182 valence electrons. The van der Waals surface area contributed by atoms with Crippen LogP contribution in [0.3, 0.4) is 0 Å². The third-order valence-corrected chi connectivity index (χ3v) is 6.36. The van der Waals surface area contributed by atoms with Gasteiger partial charge in [-0.05, 0) is 44.5 Å². The van der Waals surface area contributed by atoms with Crippen LogP contribution in [-0.4, -0.2) is 36.2 Å². The molecule has 1 saturated heterocycles.